The second kappa shape index (κ2) is 9.51. The monoisotopic (exact) mass is 468 g/mol. The van der Waals surface area contributed by atoms with Gasteiger partial charge in [0.05, 0.1) is 0 Å². The van der Waals surface area contributed by atoms with Gasteiger partial charge >= 0.3 is 0 Å². The first-order chi connectivity index (χ1) is 13.9. The molecule has 0 aliphatic carbocycles. The number of nitriles is 1. The number of hydrogen-bond donors (Lipinski definition) is 1. The van der Waals surface area contributed by atoms with Crippen LogP contribution >= 0.6 is 27.5 Å². The van der Waals surface area contributed by atoms with E-state index in [0.29, 0.717) is 22.7 Å². The lowest BCUT2D eigenvalue weighted by Gasteiger charge is -2.09. The van der Waals surface area contributed by atoms with E-state index in [1.807, 2.05) is 30.3 Å². The summed E-state index contributed by atoms with van der Waals surface area (Å²) in [5.41, 5.74) is 2.86. The minimum atomic E-state index is -0.522. The van der Waals surface area contributed by atoms with Crippen molar-refractivity contribution in [2.45, 2.75) is 6.42 Å². The molecule has 0 saturated heterocycles. The van der Waals surface area contributed by atoms with Crippen LogP contribution in [0.4, 0.5) is 10.1 Å². The van der Waals surface area contributed by atoms with E-state index in [-0.39, 0.29) is 11.4 Å². The Hall–Kier alpha value is -2.94. The molecule has 29 heavy (non-hydrogen) atoms. The fourth-order valence-corrected chi connectivity index (χ4v) is 3.27. The molecule has 0 unspecified atom stereocenters. The molecule has 0 bridgehead atoms. The molecule has 144 valence electrons. The van der Waals surface area contributed by atoms with E-state index >= 15 is 0 Å². The Kier molecular flexibility index (Phi) is 6.82. The number of benzene rings is 3. The van der Waals surface area contributed by atoms with E-state index in [1.54, 1.807) is 30.3 Å². The van der Waals surface area contributed by atoms with E-state index in [9.17, 15) is 14.4 Å². The minimum Gasteiger partial charge on any atom is -0.321 e. The number of rotatable bonds is 5. The van der Waals surface area contributed by atoms with Crippen molar-refractivity contribution in [3.8, 4) is 6.07 Å². The molecule has 1 amide bonds. The number of carbonyl (C=O) groups is 1. The number of nitrogens with one attached hydrogen (secondary N) is 1. The molecular formula is C23H15BrClFN2O. The van der Waals surface area contributed by atoms with Crippen molar-refractivity contribution in [3.63, 3.8) is 0 Å². The molecule has 0 spiro atoms. The van der Waals surface area contributed by atoms with Gasteiger partial charge in [0.2, 0.25) is 0 Å². The van der Waals surface area contributed by atoms with Gasteiger partial charge in [0.25, 0.3) is 5.91 Å². The zero-order valence-corrected chi connectivity index (χ0v) is 17.5. The highest BCUT2D eigenvalue weighted by Gasteiger charge is 2.12. The van der Waals surface area contributed by atoms with Crippen molar-refractivity contribution in [3.05, 3.63) is 104 Å². The van der Waals surface area contributed by atoms with Gasteiger partial charge < -0.3 is 5.32 Å². The summed E-state index contributed by atoms with van der Waals surface area (Å²) in [4.78, 5) is 12.5. The standard InChI is InChI=1S/C23H15BrClFN2O/c24-19-5-4-16(10-15-2-1-3-21(26)11-15)17(13-19)12-18(14-27)23(29)28-22-8-6-20(25)7-9-22/h1-9,11-13H,10H2,(H,28,29)/b18-12+. The van der Waals surface area contributed by atoms with Crippen LogP contribution in [0.1, 0.15) is 16.7 Å². The molecule has 0 aromatic heterocycles. The van der Waals surface area contributed by atoms with Crippen LogP contribution in [0.15, 0.2) is 76.8 Å². The van der Waals surface area contributed by atoms with Gasteiger partial charge in [0.15, 0.2) is 0 Å². The Morgan fingerprint density at radius 2 is 1.90 bits per heavy atom. The first-order valence-corrected chi connectivity index (χ1v) is 9.83. The summed E-state index contributed by atoms with van der Waals surface area (Å²) in [6.45, 7) is 0. The molecule has 6 heteroatoms. The SMILES string of the molecule is N#C/C(=C\c1cc(Br)ccc1Cc1cccc(F)c1)C(=O)Nc1ccc(Cl)cc1. The molecule has 0 heterocycles. The van der Waals surface area contributed by atoms with Crippen molar-refractivity contribution in [1.82, 2.24) is 0 Å². The van der Waals surface area contributed by atoms with Crippen LogP contribution in [-0.4, -0.2) is 5.91 Å². The predicted octanol–water partition coefficient (Wildman–Crippen LogP) is 6.38. The molecular weight excluding hydrogens is 455 g/mol. The van der Waals surface area contributed by atoms with E-state index < -0.39 is 5.91 Å². The number of nitrogens with zero attached hydrogens (tertiary/aromatic N) is 1. The van der Waals surface area contributed by atoms with Gasteiger partial charge in [0, 0.05) is 15.2 Å². The quantitative estimate of drug-likeness (QED) is 0.348. The van der Waals surface area contributed by atoms with E-state index in [0.717, 1.165) is 15.6 Å². The zero-order chi connectivity index (χ0) is 20.8. The van der Waals surface area contributed by atoms with Gasteiger partial charge in [0.1, 0.15) is 17.5 Å². The summed E-state index contributed by atoms with van der Waals surface area (Å²) in [6.07, 6.45) is 2.00. The third kappa shape index (κ3) is 5.77. The highest BCUT2D eigenvalue weighted by molar-refractivity contribution is 9.10. The summed E-state index contributed by atoms with van der Waals surface area (Å²) < 4.78 is 14.3. The molecule has 3 rings (SSSR count). The average Bonchev–Trinajstić information content (AvgIpc) is 2.69. The van der Waals surface area contributed by atoms with E-state index in [1.165, 1.54) is 18.2 Å². The zero-order valence-electron chi connectivity index (χ0n) is 15.1. The van der Waals surface area contributed by atoms with Gasteiger partial charge in [-0.2, -0.15) is 5.26 Å². The van der Waals surface area contributed by atoms with Gasteiger partial charge in [-0.05, 0) is 77.7 Å². The van der Waals surface area contributed by atoms with Crippen molar-refractivity contribution in [2.75, 3.05) is 5.32 Å². The minimum absolute atomic E-state index is 0.0430. The molecule has 0 aliphatic rings. The molecule has 3 nitrogen and oxygen atoms in total. The highest BCUT2D eigenvalue weighted by atomic mass is 79.9. The Morgan fingerprint density at radius 1 is 1.14 bits per heavy atom. The number of halogens is 3. The second-order valence-corrected chi connectivity index (χ2v) is 7.63. The number of hydrogen-bond acceptors (Lipinski definition) is 2. The maximum Gasteiger partial charge on any atom is 0.266 e. The maximum absolute atomic E-state index is 13.5. The maximum atomic E-state index is 13.5. The van der Waals surface area contributed by atoms with Gasteiger partial charge in [-0.3, -0.25) is 4.79 Å². The van der Waals surface area contributed by atoms with E-state index in [2.05, 4.69) is 21.2 Å². The Morgan fingerprint density at radius 3 is 2.59 bits per heavy atom. The largest absolute Gasteiger partial charge is 0.321 e. The topological polar surface area (TPSA) is 52.9 Å². The summed E-state index contributed by atoms with van der Waals surface area (Å²) in [6, 6.07) is 20.5. The highest BCUT2D eigenvalue weighted by Crippen LogP contribution is 2.23. The molecule has 0 atom stereocenters. The Balaban J connectivity index is 1.90. The lowest BCUT2D eigenvalue weighted by molar-refractivity contribution is -0.112. The Labute approximate surface area is 181 Å². The first-order valence-electron chi connectivity index (χ1n) is 8.66. The van der Waals surface area contributed by atoms with Gasteiger partial charge in [-0.15, -0.1) is 0 Å². The van der Waals surface area contributed by atoms with Crippen LogP contribution < -0.4 is 5.32 Å². The lowest BCUT2D eigenvalue weighted by atomic mass is 9.98. The van der Waals surface area contributed by atoms with Crippen molar-refractivity contribution in [2.24, 2.45) is 0 Å². The molecule has 3 aromatic rings. The molecule has 0 fully saturated rings. The summed E-state index contributed by atoms with van der Waals surface area (Å²) in [5.74, 6) is -0.830. The number of anilines is 1. The fraction of sp³-hybridized carbons (Fsp3) is 0.0435. The van der Waals surface area contributed by atoms with Crippen molar-refractivity contribution in [1.29, 1.82) is 5.26 Å². The third-order valence-electron chi connectivity index (χ3n) is 4.16. The lowest BCUT2D eigenvalue weighted by Crippen LogP contribution is -2.13. The number of carbonyl (C=O) groups excluding carboxylic acids is 1. The van der Waals surface area contributed by atoms with Crippen molar-refractivity contribution < 1.29 is 9.18 Å². The van der Waals surface area contributed by atoms with Crippen LogP contribution in [0.3, 0.4) is 0 Å². The smallest absolute Gasteiger partial charge is 0.266 e. The molecule has 0 radical (unpaired) electrons. The number of amides is 1. The van der Waals surface area contributed by atoms with Crippen LogP contribution in [-0.2, 0) is 11.2 Å². The summed E-state index contributed by atoms with van der Waals surface area (Å²) in [7, 11) is 0. The van der Waals surface area contributed by atoms with Crippen molar-refractivity contribution >= 4 is 45.2 Å². The fourth-order valence-electron chi connectivity index (χ4n) is 2.76. The normalized spacial score (nSPS) is 11.0. The second-order valence-electron chi connectivity index (χ2n) is 6.28. The van der Waals surface area contributed by atoms with Gasteiger partial charge in [-0.1, -0.05) is 45.7 Å². The van der Waals surface area contributed by atoms with E-state index in [4.69, 9.17) is 11.6 Å². The van der Waals surface area contributed by atoms with Crippen LogP contribution in [0, 0.1) is 17.1 Å². The molecule has 1 N–H and O–H groups in total. The van der Waals surface area contributed by atoms with Crippen LogP contribution in [0.2, 0.25) is 5.02 Å². The third-order valence-corrected chi connectivity index (χ3v) is 4.90. The van der Waals surface area contributed by atoms with Crippen LogP contribution in [0.5, 0.6) is 0 Å². The first kappa shape index (κ1) is 20.8. The molecule has 3 aromatic carbocycles. The average molecular weight is 470 g/mol. The predicted molar refractivity (Wildman–Crippen MR) is 117 cm³/mol. The molecule has 0 saturated carbocycles. The molecule has 0 aliphatic heterocycles. The van der Waals surface area contributed by atoms with Crippen LogP contribution in [0.25, 0.3) is 6.08 Å². The summed E-state index contributed by atoms with van der Waals surface area (Å²) >= 11 is 9.27. The Bertz CT molecular complexity index is 1120. The summed E-state index contributed by atoms with van der Waals surface area (Å²) in [5, 5.41) is 12.7. The van der Waals surface area contributed by atoms with Gasteiger partial charge in [-0.25, -0.2) is 4.39 Å².